The number of hydrogen-bond donors (Lipinski definition) is 0. The van der Waals surface area contributed by atoms with Gasteiger partial charge >= 0.3 is 5.97 Å². The van der Waals surface area contributed by atoms with Crippen molar-refractivity contribution in [2.75, 3.05) is 13.1 Å². The fourth-order valence-electron chi connectivity index (χ4n) is 9.30. The van der Waals surface area contributed by atoms with E-state index in [1.807, 2.05) is 11.0 Å². The first kappa shape index (κ1) is 23.3. The van der Waals surface area contributed by atoms with Crippen molar-refractivity contribution in [1.29, 1.82) is 0 Å². The van der Waals surface area contributed by atoms with Crippen LogP contribution >= 0.6 is 0 Å². The second-order valence-corrected chi connectivity index (χ2v) is 12.1. The number of rotatable bonds is 5. The Labute approximate surface area is 199 Å². The van der Waals surface area contributed by atoms with E-state index in [0.717, 1.165) is 36.6 Å². The number of carbonyl (C=O) groups excluding carboxylic acids is 1. The van der Waals surface area contributed by atoms with E-state index >= 15 is 0 Å². The quantitative estimate of drug-likeness (QED) is 0.576. The molecule has 0 bridgehead atoms. The van der Waals surface area contributed by atoms with Crippen LogP contribution in [0.2, 0.25) is 0 Å². The zero-order valence-electron chi connectivity index (χ0n) is 21.4. The third-order valence-corrected chi connectivity index (χ3v) is 11.0. The zero-order valence-corrected chi connectivity index (χ0v) is 21.4. The van der Waals surface area contributed by atoms with Crippen LogP contribution in [0.5, 0.6) is 0 Å². The van der Waals surface area contributed by atoms with Crippen LogP contribution in [0.4, 0.5) is 0 Å². The molecule has 5 rings (SSSR count). The Kier molecular flexibility index (Phi) is 6.12. The Morgan fingerprint density at radius 3 is 2.48 bits per heavy atom. The molecule has 1 aromatic heterocycles. The van der Waals surface area contributed by atoms with Gasteiger partial charge in [0.15, 0.2) is 0 Å². The normalized spacial score (nSPS) is 44.7. The largest absolute Gasteiger partial charge is 0.460 e. The van der Waals surface area contributed by atoms with Gasteiger partial charge in [-0.25, -0.2) is 9.67 Å². The maximum Gasteiger partial charge on any atom is 0.302 e. The first-order chi connectivity index (χ1) is 15.8. The fourth-order valence-corrected chi connectivity index (χ4v) is 9.30. The minimum Gasteiger partial charge on any atom is -0.460 e. The summed E-state index contributed by atoms with van der Waals surface area (Å²) in [5.74, 6) is 2.83. The number of esters is 1. The van der Waals surface area contributed by atoms with E-state index in [4.69, 9.17) is 4.74 Å². The van der Waals surface area contributed by atoms with Crippen LogP contribution in [0.1, 0.15) is 92.0 Å². The lowest BCUT2D eigenvalue weighted by Gasteiger charge is -2.61. The van der Waals surface area contributed by atoms with Gasteiger partial charge in [-0.2, -0.15) is 5.10 Å². The molecule has 0 saturated heterocycles. The molecule has 4 unspecified atom stereocenters. The van der Waals surface area contributed by atoms with Crippen molar-refractivity contribution in [2.24, 2.45) is 34.5 Å². The lowest BCUT2D eigenvalue weighted by Crippen LogP contribution is -2.56. The van der Waals surface area contributed by atoms with E-state index in [0.29, 0.717) is 11.3 Å². The molecule has 0 aliphatic heterocycles. The summed E-state index contributed by atoms with van der Waals surface area (Å²) in [6, 6.07) is 0.883. The van der Waals surface area contributed by atoms with Crippen molar-refractivity contribution in [3.8, 4) is 0 Å². The molecule has 6 heteroatoms. The maximum absolute atomic E-state index is 12.1. The van der Waals surface area contributed by atoms with Crippen molar-refractivity contribution in [3.05, 3.63) is 12.7 Å². The SMILES string of the molecule is CCN(CC)[C@H]1CC[C@@]2(C)C(CCC3C2CC[C@@]2(C)C3C[C@H](n3cncn3)[C@@H]2OC(C)=O)C1. The Morgan fingerprint density at radius 2 is 1.82 bits per heavy atom. The van der Waals surface area contributed by atoms with Gasteiger partial charge in [0.1, 0.15) is 18.8 Å². The van der Waals surface area contributed by atoms with Gasteiger partial charge in [-0.15, -0.1) is 0 Å². The van der Waals surface area contributed by atoms with E-state index in [2.05, 4.69) is 42.7 Å². The summed E-state index contributed by atoms with van der Waals surface area (Å²) in [5, 5.41) is 4.48. The van der Waals surface area contributed by atoms with Crippen molar-refractivity contribution in [2.45, 2.75) is 104 Å². The van der Waals surface area contributed by atoms with E-state index in [1.54, 1.807) is 13.3 Å². The van der Waals surface area contributed by atoms with E-state index < -0.39 is 0 Å². The Bertz CT molecular complexity index is 839. The van der Waals surface area contributed by atoms with E-state index in [1.165, 1.54) is 51.6 Å². The van der Waals surface area contributed by atoms with Gasteiger partial charge in [-0.05, 0) is 93.5 Å². The van der Waals surface area contributed by atoms with Gasteiger partial charge in [0.25, 0.3) is 0 Å². The second kappa shape index (κ2) is 8.66. The van der Waals surface area contributed by atoms with Gasteiger partial charge < -0.3 is 9.64 Å². The molecule has 0 radical (unpaired) electrons. The maximum atomic E-state index is 12.1. The molecule has 1 aromatic rings. The third kappa shape index (κ3) is 3.66. The minimum atomic E-state index is -0.167. The predicted octanol–water partition coefficient (Wildman–Crippen LogP) is 5.11. The summed E-state index contributed by atoms with van der Waals surface area (Å²) in [6.45, 7) is 13.6. The molecular formula is C27H44N4O2. The molecule has 0 spiro atoms. The highest BCUT2D eigenvalue weighted by Crippen LogP contribution is 2.68. The van der Waals surface area contributed by atoms with Gasteiger partial charge in [0.2, 0.25) is 0 Å². The smallest absolute Gasteiger partial charge is 0.302 e. The average Bonchev–Trinajstić information content (AvgIpc) is 3.41. The Balaban J connectivity index is 1.40. The molecule has 6 nitrogen and oxygen atoms in total. The van der Waals surface area contributed by atoms with Crippen LogP contribution in [0.3, 0.4) is 0 Å². The number of nitrogens with zero attached hydrogens (tertiary/aromatic N) is 4. The minimum absolute atomic E-state index is 0.0328. The first-order valence-electron chi connectivity index (χ1n) is 13.6. The summed E-state index contributed by atoms with van der Waals surface area (Å²) in [7, 11) is 0. The molecule has 0 aromatic carbocycles. The molecule has 184 valence electrons. The van der Waals surface area contributed by atoms with Crippen molar-refractivity contribution >= 4 is 5.97 Å². The van der Waals surface area contributed by atoms with Gasteiger partial charge in [-0.3, -0.25) is 4.79 Å². The third-order valence-electron chi connectivity index (χ3n) is 11.0. The number of fused-ring (bicyclic) bond motifs is 5. The molecule has 4 fully saturated rings. The number of aromatic nitrogens is 3. The van der Waals surface area contributed by atoms with Crippen molar-refractivity contribution < 1.29 is 9.53 Å². The molecule has 4 aliphatic carbocycles. The topological polar surface area (TPSA) is 60.3 Å². The monoisotopic (exact) mass is 456 g/mol. The molecule has 0 N–H and O–H groups in total. The molecule has 4 aliphatic rings. The predicted molar refractivity (Wildman–Crippen MR) is 128 cm³/mol. The lowest BCUT2D eigenvalue weighted by molar-refractivity contribution is -0.164. The van der Waals surface area contributed by atoms with Gasteiger partial charge in [0, 0.05) is 18.4 Å². The standard InChI is InChI=1S/C27H44N4O2/c1-6-30(7-2)20-10-12-26(4)19(14-20)8-9-21-22(26)11-13-27(5)23(21)15-24(25(27)33-18(3)32)31-17-28-16-29-31/h16-17,19-25H,6-15H2,1-5H3/t19?,20-,21?,22?,23?,24-,25-,26-,27-/m0/s1. The van der Waals surface area contributed by atoms with Crippen molar-refractivity contribution in [1.82, 2.24) is 19.7 Å². The Morgan fingerprint density at radius 1 is 1.06 bits per heavy atom. The number of hydrogen-bond acceptors (Lipinski definition) is 5. The van der Waals surface area contributed by atoms with Crippen LogP contribution in [0.15, 0.2) is 12.7 Å². The molecule has 0 amide bonds. The van der Waals surface area contributed by atoms with Crippen LogP contribution in [0, 0.1) is 34.5 Å². The molecule has 9 atom stereocenters. The number of ether oxygens (including phenoxy) is 1. The first-order valence-corrected chi connectivity index (χ1v) is 13.6. The second-order valence-electron chi connectivity index (χ2n) is 12.1. The summed E-state index contributed by atoms with van der Waals surface area (Å²) >= 11 is 0. The molecule has 33 heavy (non-hydrogen) atoms. The summed E-state index contributed by atoms with van der Waals surface area (Å²) in [4.78, 5) is 19.0. The van der Waals surface area contributed by atoms with E-state index in [9.17, 15) is 4.79 Å². The van der Waals surface area contributed by atoms with Crippen LogP contribution < -0.4 is 0 Å². The van der Waals surface area contributed by atoms with Crippen LogP contribution in [-0.2, 0) is 9.53 Å². The summed E-state index contributed by atoms with van der Waals surface area (Å²) in [5.41, 5.74) is 0.501. The van der Waals surface area contributed by atoms with Crippen LogP contribution in [0.25, 0.3) is 0 Å². The highest BCUT2D eigenvalue weighted by atomic mass is 16.5. The molecule has 1 heterocycles. The Hall–Kier alpha value is -1.43. The van der Waals surface area contributed by atoms with Crippen molar-refractivity contribution in [3.63, 3.8) is 0 Å². The van der Waals surface area contributed by atoms with Gasteiger partial charge in [-0.1, -0.05) is 27.7 Å². The summed E-state index contributed by atoms with van der Waals surface area (Å²) < 4.78 is 8.03. The average molecular weight is 457 g/mol. The van der Waals surface area contributed by atoms with Gasteiger partial charge in [0.05, 0.1) is 6.04 Å². The number of carbonyl (C=O) groups is 1. The fraction of sp³-hybridized carbons (Fsp3) is 0.889. The van der Waals surface area contributed by atoms with E-state index in [-0.39, 0.29) is 23.5 Å². The molecule has 4 saturated carbocycles. The molecular weight excluding hydrogens is 412 g/mol. The summed E-state index contributed by atoms with van der Waals surface area (Å²) in [6.07, 6.45) is 13.6. The highest BCUT2D eigenvalue weighted by molar-refractivity contribution is 5.66. The lowest BCUT2D eigenvalue weighted by atomic mass is 9.45. The highest BCUT2D eigenvalue weighted by Gasteiger charge is 2.64. The van der Waals surface area contributed by atoms with Crippen LogP contribution in [-0.4, -0.2) is 50.9 Å². The zero-order chi connectivity index (χ0) is 23.4.